The highest BCUT2D eigenvalue weighted by molar-refractivity contribution is 14.2. The molecule has 1 aliphatic heterocycles. The number of nitrogens with two attached hydrogens (primary N) is 2. The van der Waals surface area contributed by atoms with Gasteiger partial charge in [-0.1, -0.05) is 20.7 Å². The molecule has 0 atom stereocenters. The van der Waals surface area contributed by atoms with Gasteiger partial charge >= 0.3 is 0 Å². The van der Waals surface area contributed by atoms with E-state index in [1.807, 2.05) is 10.1 Å². The summed E-state index contributed by atoms with van der Waals surface area (Å²) in [5.41, 5.74) is 6.60. The summed E-state index contributed by atoms with van der Waals surface area (Å²) >= 11 is -0.240. The van der Waals surface area contributed by atoms with Crippen LogP contribution in [0.5, 0.6) is 0 Å². The van der Waals surface area contributed by atoms with E-state index in [1.54, 1.807) is 6.07 Å². The zero-order valence-electron chi connectivity index (χ0n) is 8.09. The Bertz CT molecular complexity index is 620. The van der Waals surface area contributed by atoms with Gasteiger partial charge in [0.15, 0.2) is 0 Å². The maximum atomic E-state index is 11.2. The number of hydrogen-bond donors (Lipinski definition) is 2. The lowest BCUT2D eigenvalue weighted by Gasteiger charge is -2.08. The highest BCUT2D eigenvalue weighted by Gasteiger charge is 2.15. The van der Waals surface area contributed by atoms with Crippen LogP contribution in [0.4, 0.5) is 0 Å². The Kier molecular flexibility index (Phi) is 3.00. The summed E-state index contributed by atoms with van der Waals surface area (Å²) in [6, 6.07) is 4.82. The molecule has 0 bridgehead atoms. The maximum Gasteiger partial charge on any atom is 0.238 e. The Labute approximate surface area is 103 Å². The van der Waals surface area contributed by atoms with Gasteiger partial charge in [-0.15, -0.1) is 0 Å². The summed E-state index contributed by atoms with van der Waals surface area (Å²) in [7, 11) is -3.68. The molecule has 0 saturated carbocycles. The van der Waals surface area contributed by atoms with Crippen molar-refractivity contribution in [1.29, 1.82) is 0 Å². The molecule has 0 fully saturated rings. The van der Waals surface area contributed by atoms with Crippen molar-refractivity contribution in [3.05, 3.63) is 33.4 Å². The maximum absolute atomic E-state index is 11.2. The molecule has 2 rings (SSSR count). The number of halogens is 1. The number of nitrogens with zero attached hydrogens (tertiary/aromatic N) is 1. The Hall–Kier alpha value is -0.930. The summed E-state index contributed by atoms with van der Waals surface area (Å²) in [4.78, 5) is 0.0895. The second-order valence-electron chi connectivity index (χ2n) is 3.10. The molecular weight excluding hydrogens is 341 g/mol. The van der Waals surface area contributed by atoms with Crippen molar-refractivity contribution in [1.82, 2.24) is 0 Å². The molecular formula is C9H9IN3O2S+. The molecule has 16 heavy (non-hydrogen) atoms. The zero-order chi connectivity index (χ0) is 11.8. The molecule has 0 radical (unpaired) electrons. The largest absolute Gasteiger partial charge is 0.238 e. The monoisotopic (exact) mass is 350 g/mol. The number of allylic oxidation sites excluding steroid dienone is 1. The molecule has 5 nitrogen and oxygen atoms in total. The van der Waals surface area contributed by atoms with Crippen molar-refractivity contribution in [2.75, 3.05) is 0 Å². The molecule has 7 heteroatoms. The minimum atomic E-state index is -3.68. The second kappa shape index (κ2) is 4.15. The third-order valence-corrected chi connectivity index (χ3v) is 5.32. The molecule has 0 spiro atoms. The summed E-state index contributed by atoms with van der Waals surface area (Å²) in [6.45, 7) is 0. The molecule has 0 unspecified atom stereocenters. The van der Waals surface area contributed by atoms with E-state index < -0.39 is 10.0 Å². The molecule has 1 aromatic rings. The lowest BCUT2D eigenvalue weighted by molar-refractivity contribution is -0.209. The third-order valence-electron chi connectivity index (χ3n) is 2.08. The number of fused-ring (bicyclic) bond motifs is 1. The van der Waals surface area contributed by atoms with Crippen molar-refractivity contribution in [2.45, 2.75) is 4.90 Å². The van der Waals surface area contributed by atoms with E-state index >= 15 is 0 Å². The van der Waals surface area contributed by atoms with Gasteiger partial charge in [-0.2, -0.15) is 5.53 Å². The van der Waals surface area contributed by atoms with Gasteiger partial charge in [0, 0.05) is 9.13 Å². The van der Waals surface area contributed by atoms with Gasteiger partial charge in [-0.05, 0) is 33.4 Å². The summed E-state index contributed by atoms with van der Waals surface area (Å²) in [5.74, 6) is 0. The lowest BCUT2D eigenvalue weighted by Crippen LogP contribution is -2.23. The molecule has 0 saturated heterocycles. The lowest BCUT2D eigenvalue weighted by atomic mass is 10.1. The molecule has 0 aromatic heterocycles. The predicted molar refractivity (Wildman–Crippen MR) is 68.9 cm³/mol. The Morgan fingerprint density at radius 1 is 1.38 bits per heavy atom. The number of rotatable bonds is 2. The fraction of sp³-hybridized carbons (Fsp3) is 0. The minimum Gasteiger partial charge on any atom is -0.225 e. The third kappa shape index (κ3) is 2.11. The van der Waals surface area contributed by atoms with Gasteiger partial charge in [0.1, 0.15) is 5.70 Å². The SMILES string of the molecule is NS(=O)(=O)c1ccc2c(c1)C(N=[NH2+])=CC=I2. The highest BCUT2D eigenvalue weighted by Crippen LogP contribution is 2.29. The topological polar surface area (TPSA) is 98.1 Å². The highest BCUT2D eigenvalue weighted by atomic mass is 127. The van der Waals surface area contributed by atoms with Crippen molar-refractivity contribution < 1.29 is 13.9 Å². The fourth-order valence-corrected chi connectivity index (χ4v) is 3.94. The second-order valence-corrected chi connectivity index (χ2v) is 7.17. The number of primary sulfonamides is 1. The molecule has 0 aliphatic carbocycles. The predicted octanol–water partition coefficient (Wildman–Crippen LogP) is -0.158. The van der Waals surface area contributed by atoms with Gasteiger partial charge < -0.3 is 0 Å². The van der Waals surface area contributed by atoms with Crippen LogP contribution < -0.4 is 10.7 Å². The molecule has 1 aliphatic rings. The number of benzene rings is 1. The van der Waals surface area contributed by atoms with Crippen LogP contribution in [0.1, 0.15) is 5.56 Å². The average Bonchev–Trinajstić information content (AvgIpc) is 2.26. The van der Waals surface area contributed by atoms with E-state index in [-0.39, 0.29) is 25.6 Å². The first-order chi connectivity index (χ1) is 7.52. The van der Waals surface area contributed by atoms with E-state index in [4.69, 9.17) is 10.7 Å². The first-order valence-electron chi connectivity index (χ1n) is 4.27. The van der Waals surface area contributed by atoms with Crippen LogP contribution >= 0.6 is 20.7 Å². The molecule has 84 valence electrons. The van der Waals surface area contributed by atoms with Gasteiger partial charge in [-0.3, -0.25) is 0 Å². The van der Waals surface area contributed by atoms with Crippen LogP contribution in [0, 0.1) is 3.57 Å². The Morgan fingerprint density at radius 3 is 2.75 bits per heavy atom. The Morgan fingerprint density at radius 2 is 2.12 bits per heavy atom. The van der Waals surface area contributed by atoms with Crippen molar-refractivity contribution in [3.8, 4) is 0 Å². The van der Waals surface area contributed by atoms with E-state index in [0.717, 1.165) is 9.13 Å². The summed E-state index contributed by atoms with van der Waals surface area (Å²) in [5, 5.41) is 8.69. The van der Waals surface area contributed by atoms with Crippen LogP contribution in [0.25, 0.3) is 5.70 Å². The first-order valence-corrected chi connectivity index (χ1v) is 8.14. The van der Waals surface area contributed by atoms with Crippen molar-refractivity contribution in [2.24, 2.45) is 10.3 Å². The molecule has 4 N–H and O–H groups in total. The fourth-order valence-electron chi connectivity index (χ4n) is 1.33. The van der Waals surface area contributed by atoms with Crippen LogP contribution in [0.3, 0.4) is 0 Å². The van der Waals surface area contributed by atoms with Crippen LogP contribution in [0.2, 0.25) is 0 Å². The molecule has 1 aromatic carbocycles. The number of hydrogen-bond acceptors (Lipinski definition) is 3. The minimum absolute atomic E-state index is 0.0895. The van der Waals surface area contributed by atoms with E-state index in [9.17, 15) is 8.42 Å². The molecule has 0 amide bonds. The van der Waals surface area contributed by atoms with E-state index in [0.29, 0.717) is 5.70 Å². The first kappa shape index (κ1) is 11.6. The van der Waals surface area contributed by atoms with E-state index in [2.05, 4.69) is 5.11 Å². The van der Waals surface area contributed by atoms with Crippen LogP contribution in [0.15, 0.2) is 34.3 Å². The standard InChI is InChI=1S/C9H8IN3O2S/c11-13-9-3-4-10-8-2-1-6(5-7(8)9)16(12,14)15/h1-5,11H,(H2,12,14,15)/p+1. The Balaban J connectivity index is 2.67. The van der Waals surface area contributed by atoms with Gasteiger partial charge in [0.05, 0.1) is 4.90 Å². The zero-order valence-corrected chi connectivity index (χ0v) is 11.1. The van der Waals surface area contributed by atoms with Crippen molar-refractivity contribution in [3.63, 3.8) is 0 Å². The van der Waals surface area contributed by atoms with Crippen LogP contribution in [-0.4, -0.2) is 12.4 Å². The average molecular weight is 350 g/mol. The summed E-state index contributed by atoms with van der Waals surface area (Å²) < 4.78 is 25.5. The molecule has 1 heterocycles. The quantitative estimate of drug-likeness (QED) is 0.573. The smallest absolute Gasteiger partial charge is 0.225 e. The van der Waals surface area contributed by atoms with Gasteiger partial charge in [0.25, 0.3) is 0 Å². The van der Waals surface area contributed by atoms with Crippen LogP contribution in [-0.2, 0) is 10.0 Å². The normalized spacial score (nSPS) is 14.7. The van der Waals surface area contributed by atoms with E-state index in [1.165, 1.54) is 12.1 Å². The van der Waals surface area contributed by atoms with Gasteiger partial charge in [0.2, 0.25) is 10.0 Å². The number of sulfonamides is 1. The van der Waals surface area contributed by atoms with Gasteiger partial charge in [-0.25, -0.2) is 13.6 Å². The summed E-state index contributed by atoms with van der Waals surface area (Å²) in [6.07, 6.45) is 1.81. The van der Waals surface area contributed by atoms with Crippen molar-refractivity contribution >= 4 is 40.5 Å².